The first-order valence-electron chi connectivity index (χ1n) is 4.49. The number of halogens is 3. The van der Waals surface area contributed by atoms with E-state index in [1.165, 1.54) is 0 Å². The normalized spacial score (nSPS) is 12.2. The summed E-state index contributed by atoms with van der Waals surface area (Å²) in [5.74, 6) is -0.286. The molecule has 0 saturated carbocycles. The van der Waals surface area contributed by atoms with Crippen LogP contribution in [0.25, 0.3) is 0 Å². The fourth-order valence-corrected chi connectivity index (χ4v) is 3.15. The predicted molar refractivity (Wildman–Crippen MR) is 86.9 cm³/mol. The average Bonchev–Trinajstić information content (AvgIpc) is 2.21. The van der Waals surface area contributed by atoms with Crippen molar-refractivity contribution in [1.82, 2.24) is 0 Å². The minimum Gasteiger partial charge on any atom is -0.479 e. The molecule has 0 aliphatic carbocycles. The number of aliphatic carboxylic acids is 1. The van der Waals surface area contributed by atoms with Crippen molar-refractivity contribution in [3.05, 3.63) is 22.8 Å². The summed E-state index contributed by atoms with van der Waals surface area (Å²) in [6, 6.07) is 3.85. The lowest BCUT2D eigenvalue weighted by Gasteiger charge is -2.15. The van der Waals surface area contributed by atoms with E-state index < -0.39 is 12.1 Å². The zero-order valence-electron chi connectivity index (χ0n) is 8.34. The van der Waals surface area contributed by atoms with E-state index in [1.807, 2.05) is 12.1 Å². The van der Waals surface area contributed by atoms with Crippen LogP contribution in [-0.4, -0.2) is 17.2 Å². The van der Waals surface area contributed by atoms with Crippen molar-refractivity contribution in [3.8, 4) is 5.75 Å². The summed E-state index contributed by atoms with van der Waals surface area (Å²) in [4.78, 5) is 10.9. The van der Waals surface area contributed by atoms with Gasteiger partial charge in [-0.3, -0.25) is 0 Å². The van der Waals surface area contributed by atoms with Gasteiger partial charge in [0.25, 0.3) is 0 Å². The van der Waals surface area contributed by atoms with Crippen LogP contribution in [0.5, 0.6) is 5.75 Å². The van der Waals surface area contributed by atoms with Crippen molar-refractivity contribution in [2.45, 2.75) is 19.4 Å². The highest BCUT2D eigenvalue weighted by Gasteiger charge is 2.18. The molecule has 3 nitrogen and oxygen atoms in total. The molecule has 0 heterocycles. The Morgan fingerprint density at radius 3 is 2.38 bits per heavy atom. The van der Waals surface area contributed by atoms with Gasteiger partial charge in [0.1, 0.15) is 5.75 Å². The van der Waals surface area contributed by atoms with Gasteiger partial charge < -0.3 is 9.84 Å². The number of hydrogen-bond donors (Lipinski definition) is 1. The van der Waals surface area contributed by atoms with E-state index in [4.69, 9.17) is 9.84 Å². The van der Waals surface area contributed by atoms with Crippen molar-refractivity contribution in [1.29, 1.82) is 0 Å². The first-order chi connectivity index (χ1) is 7.45. The second-order valence-electron chi connectivity index (χ2n) is 3.05. The number of carboxylic acids is 1. The molecule has 0 bridgehead atoms. The minimum atomic E-state index is -0.924. The van der Waals surface area contributed by atoms with Gasteiger partial charge in [0.15, 0.2) is 6.10 Å². The summed E-state index contributed by atoms with van der Waals surface area (Å²) in [5.41, 5.74) is 0. The topological polar surface area (TPSA) is 46.5 Å². The molecule has 0 aliphatic rings. The zero-order valence-corrected chi connectivity index (χ0v) is 14.8. The quantitative estimate of drug-likeness (QED) is 0.453. The Morgan fingerprint density at radius 1 is 1.31 bits per heavy atom. The van der Waals surface area contributed by atoms with Crippen LogP contribution in [0.15, 0.2) is 12.1 Å². The fraction of sp³-hybridized carbons (Fsp3) is 0.300. The van der Waals surface area contributed by atoms with E-state index in [0.717, 1.165) is 10.7 Å². The van der Waals surface area contributed by atoms with E-state index in [9.17, 15) is 4.79 Å². The third kappa shape index (κ3) is 3.86. The number of carboxylic acid groups (broad SMARTS) is 1. The van der Waals surface area contributed by atoms with Crippen molar-refractivity contribution >= 4 is 73.7 Å². The molecule has 0 radical (unpaired) electrons. The molecule has 16 heavy (non-hydrogen) atoms. The molecule has 1 N–H and O–H groups in total. The average molecular weight is 558 g/mol. The van der Waals surface area contributed by atoms with Gasteiger partial charge in [-0.15, -0.1) is 0 Å². The number of hydrogen-bond acceptors (Lipinski definition) is 2. The van der Waals surface area contributed by atoms with Crippen molar-refractivity contribution in [2.24, 2.45) is 0 Å². The monoisotopic (exact) mass is 558 g/mol. The first kappa shape index (κ1) is 14.7. The summed E-state index contributed by atoms with van der Waals surface area (Å²) in [5, 5.41) is 8.92. The van der Waals surface area contributed by atoms with Crippen LogP contribution in [0.3, 0.4) is 0 Å². The van der Waals surface area contributed by atoms with E-state index in [0.29, 0.717) is 12.2 Å². The second-order valence-corrected chi connectivity index (χ2v) is 6.54. The van der Waals surface area contributed by atoms with Gasteiger partial charge in [0.2, 0.25) is 0 Å². The Hall–Kier alpha value is 0.680. The molecule has 0 aliphatic heterocycles. The third-order valence-electron chi connectivity index (χ3n) is 1.89. The zero-order chi connectivity index (χ0) is 12.3. The molecule has 1 unspecified atom stereocenters. The van der Waals surface area contributed by atoms with E-state index in [1.54, 1.807) is 6.92 Å². The smallest absolute Gasteiger partial charge is 0.344 e. The van der Waals surface area contributed by atoms with Gasteiger partial charge in [-0.25, -0.2) is 4.79 Å². The maximum absolute atomic E-state index is 10.9. The third-order valence-corrected chi connectivity index (χ3v) is 5.55. The van der Waals surface area contributed by atoms with Crippen molar-refractivity contribution < 1.29 is 14.6 Å². The number of rotatable bonds is 4. The molecule has 6 heteroatoms. The second kappa shape index (κ2) is 6.57. The van der Waals surface area contributed by atoms with Crippen LogP contribution in [0.4, 0.5) is 0 Å². The van der Waals surface area contributed by atoms with Gasteiger partial charge in [-0.2, -0.15) is 0 Å². The molecular formula is C10H9I3O3. The largest absolute Gasteiger partial charge is 0.479 e. The van der Waals surface area contributed by atoms with Crippen molar-refractivity contribution in [3.63, 3.8) is 0 Å². The standard InChI is InChI=1S/C10H9I3O3/c1-2-8(10(14)15)16-9-4-6(12)5(11)3-7(9)13/h3-4,8H,2H2,1H3,(H,14,15). The maximum atomic E-state index is 10.9. The van der Waals surface area contributed by atoms with Gasteiger partial charge in [-0.05, 0) is 86.3 Å². The Bertz CT molecular complexity index is 407. The summed E-state index contributed by atoms with van der Waals surface area (Å²) in [6.45, 7) is 1.79. The van der Waals surface area contributed by atoms with Crippen LogP contribution in [0.1, 0.15) is 13.3 Å². The number of carbonyl (C=O) groups is 1. The van der Waals surface area contributed by atoms with Gasteiger partial charge in [0.05, 0.1) is 3.57 Å². The van der Waals surface area contributed by atoms with E-state index in [2.05, 4.69) is 67.8 Å². The van der Waals surface area contributed by atoms with E-state index >= 15 is 0 Å². The fourth-order valence-electron chi connectivity index (χ4n) is 1.06. The SMILES string of the molecule is CCC(Oc1cc(I)c(I)cc1I)C(=O)O. The molecule has 0 saturated heterocycles. The molecule has 1 rings (SSSR count). The van der Waals surface area contributed by atoms with Crippen LogP contribution in [0, 0.1) is 10.7 Å². The lowest BCUT2D eigenvalue weighted by atomic mass is 10.3. The maximum Gasteiger partial charge on any atom is 0.344 e. The lowest BCUT2D eigenvalue weighted by molar-refractivity contribution is -0.145. The minimum absolute atomic E-state index is 0.452. The molecule has 0 fully saturated rings. The highest BCUT2D eigenvalue weighted by Crippen LogP contribution is 2.28. The van der Waals surface area contributed by atoms with Crippen LogP contribution >= 0.6 is 67.8 Å². The summed E-state index contributed by atoms with van der Waals surface area (Å²) >= 11 is 6.59. The van der Waals surface area contributed by atoms with Crippen LogP contribution < -0.4 is 4.74 Å². The molecular weight excluding hydrogens is 549 g/mol. The molecule has 0 aromatic heterocycles. The molecule has 88 valence electrons. The van der Waals surface area contributed by atoms with Crippen molar-refractivity contribution in [2.75, 3.05) is 0 Å². The Balaban J connectivity index is 2.96. The highest BCUT2D eigenvalue weighted by atomic mass is 127. The number of benzene rings is 1. The summed E-state index contributed by atoms with van der Waals surface area (Å²) < 4.78 is 8.61. The number of ether oxygens (including phenoxy) is 1. The Morgan fingerprint density at radius 2 is 1.88 bits per heavy atom. The predicted octanol–water partition coefficient (Wildman–Crippen LogP) is 3.74. The molecule has 0 spiro atoms. The first-order valence-corrected chi connectivity index (χ1v) is 7.73. The highest BCUT2D eigenvalue weighted by molar-refractivity contribution is 14.1. The van der Waals surface area contributed by atoms with E-state index in [-0.39, 0.29) is 0 Å². The van der Waals surface area contributed by atoms with Gasteiger partial charge in [-0.1, -0.05) is 6.92 Å². The van der Waals surface area contributed by atoms with Crippen LogP contribution in [-0.2, 0) is 4.79 Å². The van der Waals surface area contributed by atoms with Gasteiger partial charge >= 0.3 is 5.97 Å². The molecule has 1 aromatic rings. The summed E-state index contributed by atoms with van der Waals surface area (Å²) in [7, 11) is 0. The lowest BCUT2D eigenvalue weighted by Crippen LogP contribution is -2.26. The summed E-state index contributed by atoms with van der Waals surface area (Å²) in [6.07, 6.45) is -0.321. The molecule has 1 atom stereocenters. The Labute approximate surface area is 135 Å². The molecule has 1 aromatic carbocycles. The van der Waals surface area contributed by atoms with Crippen LogP contribution in [0.2, 0.25) is 0 Å². The Kier molecular flexibility index (Phi) is 6.05. The molecule has 0 amide bonds. The van der Waals surface area contributed by atoms with Gasteiger partial charge in [0, 0.05) is 7.14 Å².